The third-order valence-corrected chi connectivity index (χ3v) is 5.41. The maximum Gasteiger partial charge on any atom is 0.261 e. The number of H-pyrrole nitrogens is 1. The number of aromatic amines is 1. The van der Waals surface area contributed by atoms with E-state index in [-0.39, 0.29) is 5.91 Å². The number of hydrogen-bond acceptors (Lipinski definition) is 6. The van der Waals surface area contributed by atoms with Gasteiger partial charge in [-0.1, -0.05) is 23.7 Å². The van der Waals surface area contributed by atoms with Gasteiger partial charge in [0.1, 0.15) is 17.3 Å². The topological polar surface area (TPSA) is 93.2 Å². The van der Waals surface area contributed by atoms with Crippen molar-refractivity contribution < 1.29 is 14.3 Å². The molecule has 0 radical (unpaired) electrons. The van der Waals surface area contributed by atoms with E-state index in [4.69, 9.17) is 21.1 Å². The summed E-state index contributed by atoms with van der Waals surface area (Å²) in [5, 5.41) is 14.1. The minimum absolute atomic E-state index is 0.249. The summed E-state index contributed by atoms with van der Waals surface area (Å²) in [6.07, 6.45) is 1.29. The number of anilines is 1. The molecule has 0 spiro atoms. The first-order valence-electron chi connectivity index (χ1n) is 8.76. The number of carbonyl (C=O) groups excluding carboxylic acids is 1. The molecule has 29 heavy (non-hydrogen) atoms. The third-order valence-electron chi connectivity index (χ3n) is 4.21. The number of nitrogens with one attached hydrogen (secondary N) is 1. The van der Waals surface area contributed by atoms with Crippen molar-refractivity contribution in [3.05, 3.63) is 57.3 Å². The van der Waals surface area contributed by atoms with E-state index in [9.17, 15) is 4.79 Å². The first-order valence-corrected chi connectivity index (χ1v) is 9.94. The molecule has 0 aliphatic carbocycles. The van der Waals surface area contributed by atoms with Crippen LogP contribution in [0.5, 0.6) is 11.5 Å². The Labute approximate surface area is 181 Å². The van der Waals surface area contributed by atoms with E-state index in [1.165, 1.54) is 4.90 Å². The molecule has 0 aliphatic rings. The molecule has 3 rings (SSSR count). The number of para-hydroxylation sites is 2. The predicted molar refractivity (Wildman–Crippen MR) is 113 cm³/mol. The van der Waals surface area contributed by atoms with Crippen LogP contribution in [0.2, 0.25) is 5.02 Å². The van der Waals surface area contributed by atoms with Gasteiger partial charge >= 0.3 is 0 Å². The fraction of sp³-hybridized carbons (Fsp3) is 0.263. The van der Waals surface area contributed by atoms with E-state index in [1.807, 2.05) is 18.2 Å². The number of nitrogens with zero attached hydrogens (tertiary/aromatic N) is 4. The molecule has 0 atom stereocenters. The van der Waals surface area contributed by atoms with Gasteiger partial charge in [0.25, 0.3) is 5.91 Å². The van der Waals surface area contributed by atoms with Crippen molar-refractivity contribution in [2.24, 2.45) is 0 Å². The van der Waals surface area contributed by atoms with Crippen LogP contribution in [0.25, 0.3) is 0 Å². The summed E-state index contributed by atoms with van der Waals surface area (Å²) in [7, 11) is 3.25. The summed E-state index contributed by atoms with van der Waals surface area (Å²) in [5.74, 6) is 1.43. The van der Waals surface area contributed by atoms with E-state index in [2.05, 4.69) is 36.6 Å². The van der Waals surface area contributed by atoms with Crippen LogP contribution in [-0.4, -0.2) is 47.3 Å². The Bertz CT molecular complexity index is 984. The lowest BCUT2D eigenvalue weighted by molar-refractivity contribution is 0.0988. The number of tetrazole rings is 1. The fourth-order valence-corrected chi connectivity index (χ4v) is 3.22. The average molecular weight is 481 g/mol. The molecular weight excluding hydrogens is 462 g/mol. The molecule has 1 N–H and O–H groups in total. The number of aromatic nitrogens is 4. The Morgan fingerprint density at radius 1 is 1.28 bits per heavy atom. The molecule has 8 nitrogen and oxygen atoms in total. The quantitative estimate of drug-likeness (QED) is 0.491. The molecule has 3 aromatic rings. The van der Waals surface area contributed by atoms with Crippen LogP contribution in [-0.2, 0) is 6.42 Å². The summed E-state index contributed by atoms with van der Waals surface area (Å²) in [6.45, 7) is 0.372. The van der Waals surface area contributed by atoms with E-state index < -0.39 is 0 Å². The van der Waals surface area contributed by atoms with Crippen LogP contribution in [0, 0.1) is 0 Å². The number of amides is 1. The van der Waals surface area contributed by atoms with Crippen molar-refractivity contribution in [2.75, 3.05) is 25.7 Å². The molecule has 2 aromatic carbocycles. The van der Waals surface area contributed by atoms with Crippen molar-refractivity contribution in [1.82, 2.24) is 20.6 Å². The summed E-state index contributed by atoms with van der Waals surface area (Å²) < 4.78 is 11.8. The Balaban J connectivity index is 1.79. The largest absolute Gasteiger partial charge is 0.495 e. The van der Waals surface area contributed by atoms with Crippen molar-refractivity contribution in [3.63, 3.8) is 0 Å². The van der Waals surface area contributed by atoms with Crippen LogP contribution in [0.15, 0.2) is 40.9 Å². The summed E-state index contributed by atoms with van der Waals surface area (Å²) in [6, 6.07) is 10.6. The van der Waals surface area contributed by atoms with Crippen LogP contribution in [0.4, 0.5) is 5.69 Å². The lowest BCUT2D eigenvalue weighted by Crippen LogP contribution is -2.27. The fourth-order valence-electron chi connectivity index (χ4n) is 2.72. The number of rotatable bonds is 8. The molecule has 0 saturated carbocycles. The van der Waals surface area contributed by atoms with Crippen LogP contribution < -0.4 is 14.4 Å². The van der Waals surface area contributed by atoms with Gasteiger partial charge < -0.3 is 14.4 Å². The predicted octanol–water partition coefficient (Wildman–Crippen LogP) is 3.91. The van der Waals surface area contributed by atoms with Crippen molar-refractivity contribution in [3.8, 4) is 11.5 Å². The lowest BCUT2D eigenvalue weighted by atomic mass is 10.1. The molecule has 0 saturated heterocycles. The van der Waals surface area contributed by atoms with Gasteiger partial charge in [0.15, 0.2) is 0 Å². The van der Waals surface area contributed by atoms with Crippen LogP contribution in [0.1, 0.15) is 22.6 Å². The molecule has 0 fully saturated rings. The number of methoxy groups -OCH3 is 1. The van der Waals surface area contributed by atoms with Gasteiger partial charge in [-0.25, -0.2) is 5.10 Å². The summed E-state index contributed by atoms with van der Waals surface area (Å²) in [5.41, 5.74) is 1.03. The SMILES string of the molecule is COc1ccccc1N(C)C(=O)c1cc(Br)c(Cl)cc1OCCCc1nnn[nH]1. The normalized spacial score (nSPS) is 10.6. The number of halogens is 2. The van der Waals surface area contributed by atoms with Gasteiger partial charge in [-0.05, 0) is 51.0 Å². The van der Waals surface area contributed by atoms with Gasteiger partial charge in [-0.3, -0.25) is 4.79 Å². The average Bonchev–Trinajstić information content (AvgIpc) is 3.26. The highest BCUT2D eigenvalue weighted by Crippen LogP contribution is 2.34. The smallest absolute Gasteiger partial charge is 0.261 e. The highest BCUT2D eigenvalue weighted by molar-refractivity contribution is 9.10. The number of ether oxygens (including phenoxy) is 2. The van der Waals surface area contributed by atoms with Gasteiger partial charge in [-0.2, -0.15) is 0 Å². The zero-order valence-corrected chi connectivity index (χ0v) is 18.2. The maximum atomic E-state index is 13.2. The Kier molecular flexibility index (Phi) is 7.05. The zero-order chi connectivity index (χ0) is 20.8. The number of carbonyl (C=O) groups is 1. The molecular formula is C19H19BrClN5O3. The van der Waals surface area contributed by atoms with Crippen molar-refractivity contribution >= 4 is 39.1 Å². The second-order valence-corrected chi connectivity index (χ2v) is 7.36. The zero-order valence-electron chi connectivity index (χ0n) is 15.9. The summed E-state index contributed by atoms with van der Waals surface area (Å²) >= 11 is 9.61. The maximum absolute atomic E-state index is 13.2. The number of aryl methyl sites for hydroxylation is 1. The van der Waals surface area contributed by atoms with Gasteiger partial charge in [0.05, 0.1) is 30.0 Å². The van der Waals surface area contributed by atoms with E-state index in [0.29, 0.717) is 57.5 Å². The molecule has 152 valence electrons. The lowest BCUT2D eigenvalue weighted by Gasteiger charge is -2.21. The van der Waals surface area contributed by atoms with Crippen molar-refractivity contribution in [2.45, 2.75) is 12.8 Å². The Morgan fingerprint density at radius 3 is 2.79 bits per heavy atom. The van der Waals surface area contributed by atoms with Crippen molar-refractivity contribution in [1.29, 1.82) is 0 Å². The van der Waals surface area contributed by atoms with Crippen LogP contribution in [0.3, 0.4) is 0 Å². The minimum atomic E-state index is -0.249. The molecule has 1 heterocycles. The molecule has 1 aromatic heterocycles. The van der Waals surface area contributed by atoms with Crippen LogP contribution >= 0.6 is 27.5 Å². The second-order valence-electron chi connectivity index (χ2n) is 6.10. The molecule has 1 amide bonds. The van der Waals surface area contributed by atoms with E-state index in [1.54, 1.807) is 32.4 Å². The highest BCUT2D eigenvalue weighted by Gasteiger charge is 2.22. The Morgan fingerprint density at radius 2 is 2.07 bits per heavy atom. The Hall–Kier alpha value is -2.65. The van der Waals surface area contributed by atoms with E-state index in [0.717, 1.165) is 0 Å². The second kappa shape index (κ2) is 9.71. The van der Waals surface area contributed by atoms with E-state index >= 15 is 0 Å². The standard InChI is InChI=1S/C19H19BrClN5O3/c1-26(15-6-3-4-7-16(15)28-2)19(27)12-10-13(20)14(21)11-17(12)29-9-5-8-18-22-24-25-23-18/h3-4,6-7,10-11H,5,8-9H2,1-2H3,(H,22,23,24,25). The molecule has 0 aliphatic heterocycles. The summed E-state index contributed by atoms with van der Waals surface area (Å²) in [4.78, 5) is 14.7. The molecule has 0 bridgehead atoms. The molecule has 0 unspecified atom stereocenters. The highest BCUT2D eigenvalue weighted by atomic mass is 79.9. The van der Waals surface area contributed by atoms with Gasteiger partial charge in [0, 0.05) is 24.0 Å². The monoisotopic (exact) mass is 479 g/mol. The number of hydrogen-bond donors (Lipinski definition) is 1. The number of benzene rings is 2. The van der Waals surface area contributed by atoms with Gasteiger partial charge in [-0.15, -0.1) is 5.10 Å². The minimum Gasteiger partial charge on any atom is -0.495 e. The third kappa shape index (κ3) is 5.04. The van der Waals surface area contributed by atoms with Gasteiger partial charge in [0.2, 0.25) is 0 Å². The first kappa shape index (κ1) is 21.1. The molecule has 10 heteroatoms. The first-order chi connectivity index (χ1) is 14.0.